The van der Waals surface area contributed by atoms with Crippen LogP contribution in [-0.2, 0) is 17.7 Å². The molecule has 4 nitrogen and oxygen atoms in total. The van der Waals surface area contributed by atoms with E-state index in [9.17, 15) is 9.90 Å². The van der Waals surface area contributed by atoms with Gasteiger partial charge in [0.15, 0.2) is 0 Å². The van der Waals surface area contributed by atoms with E-state index in [1.807, 2.05) is 32.2 Å². The first kappa shape index (κ1) is 12.4. The van der Waals surface area contributed by atoms with Gasteiger partial charge in [0, 0.05) is 11.3 Å². The van der Waals surface area contributed by atoms with E-state index in [-0.39, 0.29) is 0 Å². The molecule has 0 aliphatic carbocycles. The van der Waals surface area contributed by atoms with Crippen LogP contribution < -0.4 is 0 Å². The number of fused-ring (bicyclic) bond motifs is 1. The SMILES string of the molecule is CC(C)(C)OC(=O)N1Cc2ccsc2CC1O. The second-order valence-electron chi connectivity index (χ2n) is 5.16. The molecule has 1 atom stereocenters. The van der Waals surface area contributed by atoms with Crippen molar-refractivity contribution in [1.82, 2.24) is 4.90 Å². The summed E-state index contributed by atoms with van der Waals surface area (Å²) in [4.78, 5) is 14.4. The highest BCUT2D eigenvalue weighted by atomic mass is 32.1. The Hall–Kier alpha value is -1.07. The van der Waals surface area contributed by atoms with Crippen molar-refractivity contribution in [3.05, 3.63) is 21.9 Å². The van der Waals surface area contributed by atoms with Crippen molar-refractivity contribution < 1.29 is 14.6 Å². The van der Waals surface area contributed by atoms with Crippen LogP contribution in [0, 0.1) is 0 Å². The zero-order valence-electron chi connectivity index (χ0n) is 10.3. The van der Waals surface area contributed by atoms with Crippen molar-refractivity contribution in [3.8, 4) is 0 Å². The Morgan fingerprint density at radius 2 is 2.29 bits per heavy atom. The minimum Gasteiger partial charge on any atom is -0.444 e. The summed E-state index contributed by atoms with van der Waals surface area (Å²) in [5, 5.41) is 11.9. The number of nitrogens with zero attached hydrogens (tertiary/aromatic N) is 1. The minimum atomic E-state index is -0.781. The number of rotatable bonds is 0. The highest BCUT2D eigenvalue weighted by Crippen LogP contribution is 2.27. The number of hydrogen-bond acceptors (Lipinski definition) is 4. The standard InChI is InChI=1S/C12H17NO3S/c1-12(2,3)16-11(15)13-7-8-4-5-17-9(8)6-10(13)14/h4-5,10,14H,6-7H2,1-3H3. The molecule has 0 radical (unpaired) electrons. The molecule has 1 aliphatic rings. The molecule has 2 rings (SSSR count). The van der Waals surface area contributed by atoms with Crippen molar-refractivity contribution in [1.29, 1.82) is 0 Å². The number of carbonyl (C=O) groups is 1. The quantitative estimate of drug-likeness (QED) is 0.774. The van der Waals surface area contributed by atoms with Gasteiger partial charge in [0.1, 0.15) is 11.8 Å². The van der Waals surface area contributed by atoms with Crippen LogP contribution in [0.25, 0.3) is 0 Å². The van der Waals surface area contributed by atoms with Gasteiger partial charge in [-0.3, -0.25) is 4.90 Å². The lowest BCUT2D eigenvalue weighted by Crippen LogP contribution is -2.46. The highest BCUT2D eigenvalue weighted by molar-refractivity contribution is 7.10. The van der Waals surface area contributed by atoms with Crippen LogP contribution in [0.3, 0.4) is 0 Å². The predicted octanol–water partition coefficient (Wildman–Crippen LogP) is 2.36. The summed E-state index contributed by atoms with van der Waals surface area (Å²) in [5.41, 5.74) is 0.567. The summed E-state index contributed by atoms with van der Waals surface area (Å²) in [5.74, 6) is 0. The fourth-order valence-corrected chi connectivity index (χ4v) is 2.68. The normalized spacial score (nSPS) is 20.0. The highest BCUT2D eigenvalue weighted by Gasteiger charge is 2.32. The molecule has 0 saturated heterocycles. The fourth-order valence-electron chi connectivity index (χ4n) is 1.76. The van der Waals surface area contributed by atoms with Gasteiger partial charge in [-0.2, -0.15) is 0 Å². The van der Waals surface area contributed by atoms with Gasteiger partial charge in [-0.25, -0.2) is 4.79 Å². The maximum Gasteiger partial charge on any atom is 0.412 e. The molecular formula is C12H17NO3S. The Labute approximate surface area is 105 Å². The van der Waals surface area contributed by atoms with E-state index in [0.29, 0.717) is 13.0 Å². The van der Waals surface area contributed by atoms with Crippen LogP contribution in [0.1, 0.15) is 31.2 Å². The van der Waals surface area contributed by atoms with Gasteiger partial charge in [-0.05, 0) is 37.8 Å². The van der Waals surface area contributed by atoms with Gasteiger partial charge >= 0.3 is 6.09 Å². The third-order valence-corrected chi connectivity index (χ3v) is 3.52. The molecule has 2 heterocycles. The average molecular weight is 255 g/mol. The zero-order chi connectivity index (χ0) is 12.6. The fraction of sp³-hybridized carbons (Fsp3) is 0.583. The van der Waals surface area contributed by atoms with Gasteiger partial charge in [0.2, 0.25) is 0 Å². The van der Waals surface area contributed by atoms with E-state index in [1.165, 1.54) is 4.90 Å². The number of ether oxygens (including phenoxy) is 1. The molecule has 0 saturated carbocycles. The predicted molar refractivity (Wildman–Crippen MR) is 65.8 cm³/mol. The van der Waals surface area contributed by atoms with E-state index in [2.05, 4.69) is 0 Å². The van der Waals surface area contributed by atoms with E-state index in [0.717, 1.165) is 10.4 Å². The number of hydrogen-bond donors (Lipinski definition) is 1. The van der Waals surface area contributed by atoms with Gasteiger partial charge < -0.3 is 9.84 Å². The van der Waals surface area contributed by atoms with E-state index in [4.69, 9.17) is 4.74 Å². The zero-order valence-corrected chi connectivity index (χ0v) is 11.1. The Balaban J connectivity index is 2.10. The summed E-state index contributed by atoms with van der Waals surface area (Å²) in [7, 11) is 0. The summed E-state index contributed by atoms with van der Waals surface area (Å²) in [6.45, 7) is 5.88. The Morgan fingerprint density at radius 3 is 2.94 bits per heavy atom. The average Bonchev–Trinajstić information content (AvgIpc) is 2.60. The van der Waals surface area contributed by atoms with E-state index in [1.54, 1.807) is 11.3 Å². The Bertz CT molecular complexity index is 422. The second kappa shape index (κ2) is 4.31. The van der Waals surface area contributed by atoms with Crippen LogP contribution in [0.4, 0.5) is 4.79 Å². The van der Waals surface area contributed by atoms with Gasteiger partial charge in [0.25, 0.3) is 0 Å². The van der Waals surface area contributed by atoms with Crippen molar-refractivity contribution in [2.24, 2.45) is 0 Å². The number of carbonyl (C=O) groups excluding carboxylic acids is 1. The van der Waals surface area contributed by atoms with Gasteiger partial charge in [-0.1, -0.05) is 0 Å². The lowest BCUT2D eigenvalue weighted by atomic mass is 10.1. The van der Waals surface area contributed by atoms with Crippen molar-refractivity contribution >= 4 is 17.4 Å². The van der Waals surface area contributed by atoms with Crippen LogP contribution >= 0.6 is 11.3 Å². The first-order valence-corrected chi connectivity index (χ1v) is 6.48. The monoisotopic (exact) mass is 255 g/mol. The number of aliphatic hydroxyl groups excluding tert-OH is 1. The maximum atomic E-state index is 11.9. The molecule has 0 fully saturated rings. The molecule has 0 bridgehead atoms. The molecule has 0 aromatic carbocycles. The molecule has 1 unspecified atom stereocenters. The first-order chi connectivity index (χ1) is 7.87. The Kier molecular flexibility index (Phi) is 3.14. The number of aliphatic hydroxyl groups is 1. The molecule has 1 amide bonds. The molecule has 5 heteroatoms. The third kappa shape index (κ3) is 2.79. The first-order valence-electron chi connectivity index (χ1n) is 5.60. The van der Waals surface area contributed by atoms with Gasteiger partial charge in [-0.15, -0.1) is 11.3 Å². The largest absolute Gasteiger partial charge is 0.444 e. The molecule has 1 aliphatic heterocycles. The molecule has 0 spiro atoms. The lowest BCUT2D eigenvalue weighted by Gasteiger charge is -2.33. The minimum absolute atomic E-state index is 0.426. The van der Waals surface area contributed by atoms with Crippen molar-refractivity contribution in [2.75, 3.05) is 0 Å². The van der Waals surface area contributed by atoms with E-state index >= 15 is 0 Å². The summed E-state index contributed by atoms with van der Waals surface area (Å²) in [6, 6.07) is 1.99. The molecule has 17 heavy (non-hydrogen) atoms. The summed E-state index contributed by atoms with van der Waals surface area (Å²) < 4.78 is 5.27. The van der Waals surface area contributed by atoms with Crippen LogP contribution in [0.5, 0.6) is 0 Å². The van der Waals surface area contributed by atoms with Crippen LogP contribution in [0.2, 0.25) is 0 Å². The summed E-state index contributed by atoms with van der Waals surface area (Å²) in [6.07, 6.45) is -0.746. The van der Waals surface area contributed by atoms with Crippen LogP contribution in [-0.4, -0.2) is 27.9 Å². The second-order valence-corrected chi connectivity index (χ2v) is 6.16. The third-order valence-electron chi connectivity index (χ3n) is 2.53. The Morgan fingerprint density at radius 1 is 1.59 bits per heavy atom. The van der Waals surface area contributed by atoms with Crippen molar-refractivity contribution in [3.63, 3.8) is 0 Å². The van der Waals surface area contributed by atoms with Crippen molar-refractivity contribution in [2.45, 2.75) is 45.6 Å². The van der Waals surface area contributed by atoms with Crippen LogP contribution in [0.15, 0.2) is 11.4 Å². The maximum absolute atomic E-state index is 11.9. The molecular weight excluding hydrogens is 238 g/mol. The number of thiophene rings is 1. The molecule has 94 valence electrons. The van der Waals surface area contributed by atoms with E-state index < -0.39 is 17.9 Å². The lowest BCUT2D eigenvalue weighted by molar-refractivity contribution is -0.0374. The summed E-state index contributed by atoms with van der Waals surface area (Å²) >= 11 is 1.62. The van der Waals surface area contributed by atoms with Gasteiger partial charge in [0.05, 0.1) is 6.54 Å². The molecule has 1 N–H and O–H groups in total. The molecule has 1 aromatic rings. The number of amides is 1. The molecule has 1 aromatic heterocycles. The smallest absolute Gasteiger partial charge is 0.412 e. The topological polar surface area (TPSA) is 49.8 Å².